The van der Waals surface area contributed by atoms with Crippen molar-refractivity contribution in [1.29, 1.82) is 0 Å². The summed E-state index contributed by atoms with van der Waals surface area (Å²) >= 11 is 0. The van der Waals surface area contributed by atoms with Crippen LogP contribution in [-0.2, 0) is 0 Å². The fourth-order valence-electron chi connectivity index (χ4n) is 4.13. The molecule has 19 heavy (non-hydrogen) atoms. The maximum Gasteiger partial charge on any atom is 0.0124 e. The molecule has 2 fully saturated rings. The number of hydrogen-bond donors (Lipinski definition) is 1. The van der Waals surface area contributed by atoms with E-state index in [1.165, 1.54) is 58.0 Å². The molecule has 0 bridgehead atoms. The van der Waals surface area contributed by atoms with Crippen molar-refractivity contribution in [1.82, 2.24) is 10.2 Å². The molecule has 1 saturated heterocycles. The smallest absolute Gasteiger partial charge is 0.0124 e. The van der Waals surface area contributed by atoms with Gasteiger partial charge in [0.1, 0.15) is 0 Å². The number of hydrogen-bond acceptors (Lipinski definition) is 2. The van der Waals surface area contributed by atoms with E-state index >= 15 is 0 Å². The third-order valence-electron chi connectivity index (χ3n) is 5.02. The van der Waals surface area contributed by atoms with Crippen LogP contribution in [0.3, 0.4) is 0 Å². The van der Waals surface area contributed by atoms with Crippen LogP contribution >= 0.6 is 0 Å². The largest absolute Gasteiger partial charge is 0.316 e. The minimum Gasteiger partial charge on any atom is -0.316 e. The highest BCUT2D eigenvalue weighted by molar-refractivity contribution is 4.90. The summed E-state index contributed by atoms with van der Waals surface area (Å²) in [4.78, 5) is 2.83. The predicted molar refractivity (Wildman–Crippen MR) is 83.5 cm³/mol. The number of rotatable bonds is 6. The Morgan fingerprint density at radius 2 is 1.84 bits per heavy atom. The van der Waals surface area contributed by atoms with Crippen LogP contribution in [0.2, 0.25) is 0 Å². The summed E-state index contributed by atoms with van der Waals surface area (Å²) in [5.74, 6) is 1.02. The van der Waals surface area contributed by atoms with Gasteiger partial charge in [0.25, 0.3) is 0 Å². The second-order valence-corrected chi connectivity index (χ2v) is 7.57. The molecule has 0 aromatic carbocycles. The van der Waals surface area contributed by atoms with Gasteiger partial charge in [-0.15, -0.1) is 0 Å². The van der Waals surface area contributed by atoms with Crippen molar-refractivity contribution < 1.29 is 0 Å². The number of fused-ring (bicyclic) bond motifs is 1. The van der Waals surface area contributed by atoms with E-state index in [2.05, 4.69) is 31.0 Å². The van der Waals surface area contributed by atoms with Crippen LogP contribution in [0.15, 0.2) is 0 Å². The SMILES string of the molecule is CCCNCC(C)(C)CN1CCC[C@H]2CCCC[C@H]21. The van der Waals surface area contributed by atoms with Crippen LogP contribution in [-0.4, -0.2) is 37.1 Å². The number of likely N-dealkylation sites (tertiary alicyclic amines) is 1. The Bertz CT molecular complexity index is 260. The van der Waals surface area contributed by atoms with E-state index in [9.17, 15) is 0 Å². The molecular formula is C17H34N2. The van der Waals surface area contributed by atoms with Gasteiger partial charge in [-0.25, -0.2) is 0 Å². The van der Waals surface area contributed by atoms with Crippen molar-refractivity contribution in [3.05, 3.63) is 0 Å². The first kappa shape index (κ1) is 15.3. The summed E-state index contributed by atoms with van der Waals surface area (Å²) < 4.78 is 0. The van der Waals surface area contributed by atoms with Crippen LogP contribution in [0.1, 0.15) is 65.7 Å². The number of nitrogens with one attached hydrogen (secondary N) is 1. The molecule has 1 N–H and O–H groups in total. The lowest BCUT2D eigenvalue weighted by Crippen LogP contribution is -2.51. The molecule has 2 nitrogen and oxygen atoms in total. The highest BCUT2D eigenvalue weighted by atomic mass is 15.2. The molecule has 2 rings (SSSR count). The first-order valence-electron chi connectivity index (χ1n) is 8.57. The van der Waals surface area contributed by atoms with Crippen molar-refractivity contribution in [2.24, 2.45) is 11.3 Å². The monoisotopic (exact) mass is 266 g/mol. The maximum atomic E-state index is 3.61. The molecule has 0 radical (unpaired) electrons. The standard InChI is InChI=1S/C17H34N2/c1-4-11-18-13-17(2,3)14-19-12-7-9-15-8-5-6-10-16(15)19/h15-16,18H,4-14H2,1-3H3/t15-,16-/m1/s1. The zero-order chi connectivity index (χ0) is 13.7. The van der Waals surface area contributed by atoms with E-state index < -0.39 is 0 Å². The zero-order valence-electron chi connectivity index (χ0n) is 13.4. The van der Waals surface area contributed by atoms with Gasteiger partial charge in [-0.3, -0.25) is 4.90 Å². The van der Waals surface area contributed by atoms with E-state index in [-0.39, 0.29) is 0 Å². The van der Waals surface area contributed by atoms with Gasteiger partial charge in [-0.2, -0.15) is 0 Å². The molecule has 1 aliphatic carbocycles. The van der Waals surface area contributed by atoms with Crippen LogP contribution in [0.25, 0.3) is 0 Å². The normalized spacial score (nSPS) is 29.2. The van der Waals surface area contributed by atoms with Gasteiger partial charge >= 0.3 is 0 Å². The average molecular weight is 266 g/mol. The van der Waals surface area contributed by atoms with Crippen molar-refractivity contribution in [2.45, 2.75) is 71.8 Å². The van der Waals surface area contributed by atoms with E-state index in [1.807, 2.05) is 0 Å². The summed E-state index contributed by atoms with van der Waals surface area (Å²) in [5.41, 5.74) is 0.411. The highest BCUT2D eigenvalue weighted by Gasteiger charge is 2.35. The molecule has 112 valence electrons. The number of piperidine rings is 1. The summed E-state index contributed by atoms with van der Waals surface area (Å²) in [6.45, 7) is 12.1. The molecule has 0 unspecified atom stereocenters. The quantitative estimate of drug-likeness (QED) is 0.738. The summed E-state index contributed by atoms with van der Waals surface area (Å²) in [7, 11) is 0. The molecule has 2 atom stereocenters. The Balaban J connectivity index is 1.85. The first-order valence-corrected chi connectivity index (χ1v) is 8.57. The second kappa shape index (κ2) is 7.08. The molecule has 0 aromatic rings. The molecule has 2 heteroatoms. The Morgan fingerprint density at radius 1 is 1.11 bits per heavy atom. The third-order valence-corrected chi connectivity index (χ3v) is 5.02. The molecule has 0 amide bonds. The Kier molecular flexibility index (Phi) is 5.70. The molecular weight excluding hydrogens is 232 g/mol. The van der Waals surface area contributed by atoms with Gasteiger partial charge in [0.2, 0.25) is 0 Å². The lowest BCUT2D eigenvalue weighted by molar-refractivity contribution is 0.0321. The van der Waals surface area contributed by atoms with Gasteiger partial charge in [-0.1, -0.05) is 33.6 Å². The van der Waals surface area contributed by atoms with Gasteiger partial charge < -0.3 is 5.32 Å². The van der Waals surface area contributed by atoms with Gasteiger partial charge in [-0.05, 0) is 56.5 Å². The van der Waals surface area contributed by atoms with Gasteiger partial charge in [0.05, 0.1) is 0 Å². The van der Waals surface area contributed by atoms with Crippen LogP contribution < -0.4 is 5.32 Å². The lowest BCUT2D eigenvalue weighted by atomic mass is 9.77. The third kappa shape index (κ3) is 4.46. The Morgan fingerprint density at radius 3 is 2.63 bits per heavy atom. The lowest BCUT2D eigenvalue weighted by Gasteiger charge is -2.47. The van der Waals surface area contributed by atoms with E-state index in [4.69, 9.17) is 0 Å². The van der Waals surface area contributed by atoms with Gasteiger partial charge in [0, 0.05) is 19.1 Å². The number of nitrogens with zero attached hydrogens (tertiary/aromatic N) is 1. The fraction of sp³-hybridized carbons (Fsp3) is 1.00. The highest BCUT2D eigenvalue weighted by Crippen LogP contribution is 2.36. The Labute approximate surface area is 120 Å². The minimum absolute atomic E-state index is 0.411. The first-order chi connectivity index (χ1) is 9.12. The molecule has 1 saturated carbocycles. The summed E-state index contributed by atoms with van der Waals surface area (Å²) in [5, 5.41) is 3.61. The van der Waals surface area contributed by atoms with E-state index in [0.717, 1.165) is 25.0 Å². The summed E-state index contributed by atoms with van der Waals surface area (Å²) in [6, 6.07) is 0.910. The van der Waals surface area contributed by atoms with Crippen LogP contribution in [0.5, 0.6) is 0 Å². The predicted octanol–water partition coefficient (Wildman–Crippen LogP) is 3.67. The van der Waals surface area contributed by atoms with Crippen LogP contribution in [0, 0.1) is 11.3 Å². The van der Waals surface area contributed by atoms with Gasteiger partial charge in [0.15, 0.2) is 0 Å². The second-order valence-electron chi connectivity index (χ2n) is 7.57. The van der Waals surface area contributed by atoms with E-state index in [0.29, 0.717) is 5.41 Å². The van der Waals surface area contributed by atoms with E-state index in [1.54, 1.807) is 0 Å². The van der Waals surface area contributed by atoms with Crippen molar-refractivity contribution in [3.63, 3.8) is 0 Å². The summed E-state index contributed by atoms with van der Waals surface area (Å²) in [6.07, 6.45) is 10.1. The molecule has 1 aliphatic heterocycles. The maximum absolute atomic E-state index is 3.61. The minimum atomic E-state index is 0.411. The van der Waals surface area contributed by atoms with Crippen molar-refractivity contribution in [3.8, 4) is 0 Å². The molecule has 0 spiro atoms. The topological polar surface area (TPSA) is 15.3 Å². The molecule has 0 aromatic heterocycles. The van der Waals surface area contributed by atoms with Crippen molar-refractivity contribution >= 4 is 0 Å². The Hall–Kier alpha value is -0.0800. The fourth-order valence-corrected chi connectivity index (χ4v) is 4.13. The van der Waals surface area contributed by atoms with Crippen molar-refractivity contribution in [2.75, 3.05) is 26.2 Å². The zero-order valence-corrected chi connectivity index (χ0v) is 13.4. The molecule has 2 aliphatic rings. The van der Waals surface area contributed by atoms with Crippen LogP contribution in [0.4, 0.5) is 0 Å². The average Bonchev–Trinajstić information content (AvgIpc) is 2.39. The molecule has 1 heterocycles.